The highest BCUT2D eigenvalue weighted by Gasteiger charge is 2.29. The smallest absolute Gasteiger partial charge is 0.0622 e. The Labute approximate surface area is 75.7 Å². The summed E-state index contributed by atoms with van der Waals surface area (Å²) in [5.41, 5.74) is 0. The van der Waals surface area contributed by atoms with Crippen LogP contribution in [0.3, 0.4) is 0 Å². The van der Waals surface area contributed by atoms with Gasteiger partial charge in [-0.05, 0) is 32.2 Å². The molecule has 1 fully saturated rings. The molecule has 2 nitrogen and oxygen atoms in total. The summed E-state index contributed by atoms with van der Waals surface area (Å²) in [6.45, 7) is 4.03. The molecule has 12 heavy (non-hydrogen) atoms. The van der Waals surface area contributed by atoms with Crippen LogP contribution in [0.4, 0.5) is 0 Å². The molecule has 0 amide bonds. The Morgan fingerprint density at radius 1 is 1.50 bits per heavy atom. The third-order valence-electron chi connectivity index (χ3n) is 2.50. The minimum absolute atomic E-state index is 0.613. The van der Waals surface area contributed by atoms with Gasteiger partial charge in [-0.3, -0.25) is 0 Å². The van der Waals surface area contributed by atoms with E-state index >= 15 is 0 Å². The maximum atomic E-state index is 5.57. The molecule has 0 aliphatic heterocycles. The van der Waals surface area contributed by atoms with E-state index in [1.807, 2.05) is 7.05 Å². The summed E-state index contributed by atoms with van der Waals surface area (Å²) in [4.78, 5) is 0. The number of hydrogen-bond acceptors (Lipinski definition) is 2. The third-order valence-corrected chi connectivity index (χ3v) is 2.50. The lowest BCUT2D eigenvalue weighted by atomic mass is 10.2. The molecule has 0 aromatic heterocycles. The largest absolute Gasteiger partial charge is 0.380 e. The number of likely N-dealkylation sites (N-methyl/N-ethyl adjacent to an activating group) is 1. The first-order chi connectivity index (χ1) is 5.88. The Morgan fingerprint density at radius 2 is 2.25 bits per heavy atom. The molecule has 1 N–H and O–H groups in total. The van der Waals surface area contributed by atoms with Gasteiger partial charge in [0.05, 0.1) is 6.61 Å². The van der Waals surface area contributed by atoms with Crippen LogP contribution in [0.25, 0.3) is 0 Å². The molecule has 1 rings (SSSR count). The van der Waals surface area contributed by atoms with Crippen LogP contribution >= 0.6 is 0 Å². The Hall–Kier alpha value is -0.0800. The van der Waals surface area contributed by atoms with Gasteiger partial charge in [0.25, 0.3) is 0 Å². The first kappa shape index (κ1) is 10.0. The molecule has 1 aliphatic rings. The summed E-state index contributed by atoms with van der Waals surface area (Å²) in [5.74, 6) is 0.900. The monoisotopic (exact) mass is 171 g/mol. The highest BCUT2D eigenvalue weighted by molar-refractivity contribution is 4.85. The molecule has 0 radical (unpaired) electrons. The van der Waals surface area contributed by atoms with E-state index in [9.17, 15) is 0 Å². The minimum Gasteiger partial charge on any atom is -0.380 e. The van der Waals surface area contributed by atoms with Crippen molar-refractivity contribution in [3.05, 3.63) is 0 Å². The normalized spacial score (nSPS) is 19.5. The SMILES string of the molecule is CCCCOCC(NC)C1CC1. The Balaban J connectivity index is 1.95. The summed E-state index contributed by atoms with van der Waals surface area (Å²) < 4.78 is 5.57. The fourth-order valence-corrected chi connectivity index (χ4v) is 1.41. The van der Waals surface area contributed by atoms with Crippen molar-refractivity contribution in [2.24, 2.45) is 5.92 Å². The number of nitrogens with one attached hydrogen (secondary N) is 1. The van der Waals surface area contributed by atoms with Crippen molar-refractivity contribution in [2.45, 2.75) is 38.6 Å². The lowest BCUT2D eigenvalue weighted by Crippen LogP contribution is -2.32. The zero-order valence-electron chi connectivity index (χ0n) is 8.31. The van der Waals surface area contributed by atoms with Gasteiger partial charge >= 0.3 is 0 Å². The van der Waals surface area contributed by atoms with E-state index < -0.39 is 0 Å². The molecule has 0 heterocycles. The van der Waals surface area contributed by atoms with Crippen LogP contribution in [-0.2, 0) is 4.74 Å². The fourth-order valence-electron chi connectivity index (χ4n) is 1.41. The molecule has 72 valence electrons. The Kier molecular flexibility index (Phi) is 4.62. The van der Waals surface area contributed by atoms with Gasteiger partial charge < -0.3 is 10.1 Å². The third kappa shape index (κ3) is 3.55. The Morgan fingerprint density at radius 3 is 2.75 bits per heavy atom. The van der Waals surface area contributed by atoms with Crippen molar-refractivity contribution in [3.8, 4) is 0 Å². The van der Waals surface area contributed by atoms with E-state index in [-0.39, 0.29) is 0 Å². The summed E-state index contributed by atoms with van der Waals surface area (Å²) in [6, 6.07) is 0.613. The molecule has 0 aromatic rings. The second-order valence-electron chi connectivity index (χ2n) is 3.66. The maximum absolute atomic E-state index is 5.57. The predicted octanol–water partition coefficient (Wildman–Crippen LogP) is 1.80. The second-order valence-corrected chi connectivity index (χ2v) is 3.66. The van der Waals surface area contributed by atoms with E-state index in [0.29, 0.717) is 6.04 Å². The molecule has 2 heteroatoms. The number of ether oxygens (including phenoxy) is 1. The first-order valence-electron chi connectivity index (χ1n) is 5.13. The van der Waals surface area contributed by atoms with Gasteiger partial charge in [0, 0.05) is 12.6 Å². The van der Waals surface area contributed by atoms with Gasteiger partial charge in [-0.1, -0.05) is 13.3 Å². The minimum atomic E-state index is 0.613. The van der Waals surface area contributed by atoms with Crippen LogP contribution in [0, 0.1) is 5.92 Å². The van der Waals surface area contributed by atoms with E-state index in [1.54, 1.807) is 0 Å². The maximum Gasteiger partial charge on any atom is 0.0622 e. The lowest BCUT2D eigenvalue weighted by Gasteiger charge is -2.14. The molecular weight excluding hydrogens is 150 g/mol. The van der Waals surface area contributed by atoms with Crippen LogP contribution in [0.5, 0.6) is 0 Å². The van der Waals surface area contributed by atoms with Crippen LogP contribution in [0.1, 0.15) is 32.6 Å². The van der Waals surface area contributed by atoms with Crippen molar-refractivity contribution in [1.82, 2.24) is 5.32 Å². The molecular formula is C10H21NO. The molecule has 0 bridgehead atoms. The van der Waals surface area contributed by atoms with Crippen molar-refractivity contribution in [2.75, 3.05) is 20.3 Å². The van der Waals surface area contributed by atoms with Gasteiger partial charge in [-0.2, -0.15) is 0 Å². The molecule has 0 spiro atoms. The molecule has 1 saturated carbocycles. The van der Waals surface area contributed by atoms with Gasteiger partial charge in [0.1, 0.15) is 0 Å². The standard InChI is InChI=1S/C10H21NO/c1-3-4-7-12-8-10(11-2)9-5-6-9/h9-11H,3-8H2,1-2H3. The molecule has 1 unspecified atom stereocenters. The van der Waals surface area contributed by atoms with Crippen LogP contribution in [0.15, 0.2) is 0 Å². The van der Waals surface area contributed by atoms with Gasteiger partial charge in [0.15, 0.2) is 0 Å². The van der Waals surface area contributed by atoms with Crippen LogP contribution in [-0.4, -0.2) is 26.3 Å². The van der Waals surface area contributed by atoms with E-state index in [4.69, 9.17) is 4.74 Å². The van der Waals surface area contributed by atoms with E-state index in [2.05, 4.69) is 12.2 Å². The van der Waals surface area contributed by atoms with E-state index in [1.165, 1.54) is 25.7 Å². The van der Waals surface area contributed by atoms with Gasteiger partial charge in [-0.25, -0.2) is 0 Å². The highest BCUT2D eigenvalue weighted by Crippen LogP contribution is 2.32. The zero-order valence-corrected chi connectivity index (χ0v) is 8.31. The first-order valence-corrected chi connectivity index (χ1v) is 5.13. The molecule has 0 saturated heterocycles. The zero-order chi connectivity index (χ0) is 8.81. The highest BCUT2D eigenvalue weighted by atomic mass is 16.5. The number of hydrogen-bond donors (Lipinski definition) is 1. The fraction of sp³-hybridized carbons (Fsp3) is 1.00. The molecule has 0 aromatic carbocycles. The van der Waals surface area contributed by atoms with Crippen molar-refractivity contribution in [1.29, 1.82) is 0 Å². The quantitative estimate of drug-likeness (QED) is 0.590. The van der Waals surface area contributed by atoms with Gasteiger partial charge in [0.2, 0.25) is 0 Å². The number of rotatable bonds is 7. The number of unbranched alkanes of at least 4 members (excludes halogenated alkanes) is 1. The summed E-state index contributed by atoms with van der Waals surface area (Å²) in [5, 5.41) is 3.32. The summed E-state index contributed by atoms with van der Waals surface area (Å²) in [6.07, 6.45) is 5.21. The van der Waals surface area contributed by atoms with Crippen LogP contribution in [0.2, 0.25) is 0 Å². The molecule has 1 atom stereocenters. The second kappa shape index (κ2) is 5.55. The average molecular weight is 171 g/mol. The van der Waals surface area contributed by atoms with Crippen molar-refractivity contribution >= 4 is 0 Å². The van der Waals surface area contributed by atoms with Crippen LogP contribution < -0.4 is 5.32 Å². The van der Waals surface area contributed by atoms with Crippen molar-refractivity contribution in [3.63, 3.8) is 0 Å². The lowest BCUT2D eigenvalue weighted by molar-refractivity contribution is 0.105. The predicted molar refractivity (Wildman–Crippen MR) is 51.3 cm³/mol. The Bertz CT molecular complexity index is 112. The van der Waals surface area contributed by atoms with E-state index in [0.717, 1.165) is 19.1 Å². The van der Waals surface area contributed by atoms with Crippen molar-refractivity contribution < 1.29 is 4.74 Å². The van der Waals surface area contributed by atoms with Gasteiger partial charge in [-0.15, -0.1) is 0 Å². The summed E-state index contributed by atoms with van der Waals surface area (Å²) >= 11 is 0. The summed E-state index contributed by atoms with van der Waals surface area (Å²) in [7, 11) is 2.03. The average Bonchev–Trinajstić information content (AvgIpc) is 2.88. The topological polar surface area (TPSA) is 21.3 Å². The molecule has 1 aliphatic carbocycles.